The molecular weight excluding hydrogens is 406 g/mol. The Bertz CT molecular complexity index is 1100. The average molecular weight is 426 g/mol. The lowest BCUT2D eigenvalue weighted by Crippen LogP contribution is -2.31. The van der Waals surface area contributed by atoms with Crippen LogP contribution in [0.4, 0.5) is 13.9 Å². The van der Waals surface area contributed by atoms with Crippen molar-refractivity contribution in [2.75, 3.05) is 18.0 Å². The first kappa shape index (κ1) is 20.3. The Hall–Kier alpha value is -3.00. The topological polar surface area (TPSA) is 59.0 Å². The minimum atomic E-state index is -0.870. The number of anilines is 1. The van der Waals surface area contributed by atoms with Gasteiger partial charge in [-0.15, -0.1) is 11.3 Å². The van der Waals surface area contributed by atoms with E-state index in [2.05, 4.69) is 26.8 Å². The second-order valence-electron chi connectivity index (χ2n) is 7.29. The van der Waals surface area contributed by atoms with Crippen LogP contribution >= 0.6 is 11.3 Å². The molecule has 1 aliphatic heterocycles. The fourth-order valence-corrected chi connectivity index (χ4v) is 4.26. The van der Waals surface area contributed by atoms with Crippen molar-refractivity contribution < 1.29 is 13.6 Å². The van der Waals surface area contributed by atoms with Crippen LogP contribution in [0.25, 0.3) is 5.57 Å². The van der Waals surface area contributed by atoms with Crippen LogP contribution in [0, 0.1) is 18.6 Å². The fourth-order valence-electron chi connectivity index (χ4n) is 3.43. The lowest BCUT2D eigenvalue weighted by atomic mass is 9.99. The van der Waals surface area contributed by atoms with Gasteiger partial charge in [0.15, 0.2) is 10.9 Å². The molecule has 5 nitrogen and oxygen atoms in total. The van der Waals surface area contributed by atoms with Crippen LogP contribution in [-0.4, -0.2) is 33.8 Å². The van der Waals surface area contributed by atoms with Crippen LogP contribution < -0.4 is 4.90 Å². The van der Waals surface area contributed by atoms with Gasteiger partial charge in [0.2, 0.25) is 0 Å². The van der Waals surface area contributed by atoms with Crippen molar-refractivity contribution in [3.05, 3.63) is 75.8 Å². The molecule has 30 heavy (non-hydrogen) atoms. The summed E-state index contributed by atoms with van der Waals surface area (Å²) in [6.45, 7) is 5.65. The third kappa shape index (κ3) is 4.14. The highest BCUT2D eigenvalue weighted by molar-refractivity contribution is 7.13. The number of aromatic nitrogens is 3. The zero-order chi connectivity index (χ0) is 21.3. The average Bonchev–Trinajstić information content (AvgIpc) is 3.15. The van der Waals surface area contributed by atoms with Crippen molar-refractivity contribution >= 4 is 27.8 Å². The maximum Gasteiger partial charge on any atom is 0.185 e. The highest BCUT2D eigenvalue weighted by Gasteiger charge is 2.22. The molecule has 1 aliphatic rings. The number of aryl methyl sites for hydroxylation is 1. The molecule has 0 bridgehead atoms. The molecule has 0 unspecified atom stereocenters. The Balaban J connectivity index is 1.51. The summed E-state index contributed by atoms with van der Waals surface area (Å²) in [7, 11) is 0. The van der Waals surface area contributed by atoms with Crippen LogP contribution in [0.2, 0.25) is 0 Å². The first-order valence-electron chi connectivity index (χ1n) is 9.56. The Labute approximate surface area is 177 Å². The molecule has 3 heterocycles. The summed E-state index contributed by atoms with van der Waals surface area (Å²) in [5, 5.41) is 3.02. The summed E-state index contributed by atoms with van der Waals surface area (Å²) < 4.78 is 27.6. The molecular formula is C22H20F2N4OS. The van der Waals surface area contributed by atoms with E-state index in [1.807, 2.05) is 12.3 Å². The summed E-state index contributed by atoms with van der Waals surface area (Å²) >= 11 is 1.62. The minimum absolute atomic E-state index is 0.215. The molecule has 4 rings (SSSR count). The molecule has 0 fully saturated rings. The highest BCUT2D eigenvalue weighted by atomic mass is 32.1. The van der Waals surface area contributed by atoms with Gasteiger partial charge in [-0.3, -0.25) is 14.8 Å². The molecule has 3 aromatic rings. The van der Waals surface area contributed by atoms with Crippen LogP contribution in [0.5, 0.6) is 0 Å². The number of Topliss-reactive ketones (excluding diaryl/α,β-unsaturated/α-hetero) is 1. The fraction of sp³-hybridized carbons (Fsp3) is 0.273. The number of hydrogen-bond donors (Lipinski definition) is 0. The van der Waals surface area contributed by atoms with E-state index in [1.54, 1.807) is 17.5 Å². The Morgan fingerprint density at radius 3 is 2.57 bits per heavy atom. The molecule has 0 saturated heterocycles. The van der Waals surface area contributed by atoms with E-state index in [9.17, 15) is 13.6 Å². The molecule has 0 aliphatic carbocycles. The van der Waals surface area contributed by atoms with Gasteiger partial charge in [0.25, 0.3) is 0 Å². The maximum atomic E-state index is 13.8. The smallest absolute Gasteiger partial charge is 0.185 e. The zero-order valence-corrected chi connectivity index (χ0v) is 17.5. The maximum absolute atomic E-state index is 13.8. The molecule has 0 radical (unpaired) electrons. The van der Waals surface area contributed by atoms with Gasteiger partial charge in [0, 0.05) is 24.7 Å². The Morgan fingerprint density at radius 1 is 1.17 bits per heavy atom. The van der Waals surface area contributed by atoms with E-state index < -0.39 is 23.0 Å². The van der Waals surface area contributed by atoms with E-state index in [1.165, 1.54) is 17.8 Å². The number of halogens is 2. The van der Waals surface area contributed by atoms with Crippen LogP contribution in [0.1, 0.15) is 40.8 Å². The summed E-state index contributed by atoms with van der Waals surface area (Å²) in [4.78, 5) is 27.9. The van der Waals surface area contributed by atoms with E-state index in [-0.39, 0.29) is 6.42 Å². The van der Waals surface area contributed by atoms with Gasteiger partial charge in [-0.05, 0) is 38.0 Å². The third-order valence-corrected chi connectivity index (χ3v) is 6.12. The number of ketones is 1. The molecule has 1 aromatic carbocycles. The molecule has 8 heteroatoms. The molecule has 0 atom stereocenters. The van der Waals surface area contributed by atoms with E-state index >= 15 is 0 Å². The highest BCUT2D eigenvalue weighted by Crippen LogP contribution is 2.30. The number of thiazole rings is 1. The number of nitrogens with zero attached hydrogens (tertiary/aromatic N) is 4. The van der Waals surface area contributed by atoms with E-state index in [0.717, 1.165) is 47.2 Å². The number of carbonyl (C=O) groups excluding carboxylic acids is 1. The first-order chi connectivity index (χ1) is 14.4. The molecule has 0 amide bonds. The normalized spacial score (nSPS) is 14.3. The number of benzene rings is 1. The van der Waals surface area contributed by atoms with Gasteiger partial charge in [-0.2, -0.15) is 0 Å². The SMILES string of the molecule is CC1=C(c2cnc(CC(=O)c3c(F)cccc3F)cn2)CN(c2nc(C)cs2)CC1. The van der Waals surface area contributed by atoms with Crippen molar-refractivity contribution in [3.63, 3.8) is 0 Å². The number of hydrogen-bond acceptors (Lipinski definition) is 6. The molecule has 154 valence electrons. The predicted octanol–water partition coefficient (Wildman–Crippen LogP) is 4.63. The van der Waals surface area contributed by atoms with Crippen molar-refractivity contribution in [1.82, 2.24) is 15.0 Å². The van der Waals surface area contributed by atoms with Crippen molar-refractivity contribution in [2.45, 2.75) is 26.7 Å². The molecule has 0 N–H and O–H groups in total. The van der Waals surface area contributed by atoms with Crippen molar-refractivity contribution in [3.8, 4) is 0 Å². The lowest BCUT2D eigenvalue weighted by Gasteiger charge is -2.29. The second kappa shape index (κ2) is 8.39. The third-order valence-electron chi connectivity index (χ3n) is 5.10. The van der Waals surface area contributed by atoms with Gasteiger partial charge in [-0.1, -0.05) is 11.6 Å². The van der Waals surface area contributed by atoms with Crippen LogP contribution in [-0.2, 0) is 6.42 Å². The zero-order valence-electron chi connectivity index (χ0n) is 16.7. The Morgan fingerprint density at radius 2 is 1.93 bits per heavy atom. The monoisotopic (exact) mass is 426 g/mol. The Kier molecular flexibility index (Phi) is 5.67. The summed E-state index contributed by atoms with van der Waals surface area (Å²) in [6.07, 6.45) is 3.81. The summed E-state index contributed by atoms with van der Waals surface area (Å²) in [6, 6.07) is 3.37. The molecule has 0 saturated carbocycles. The van der Waals surface area contributed by atoms with Crippen LogP contribution in [0.15, 0.2) is 41.5 Å². The van der Waals surface area contributed by atoms with Crippen molar-refractivity contribution in [2.24, 2.45) is 0 Å². The standard InChI is InChI=1S/C22H20F2N4OS/c1-13-6-7-28(22-27-14(2)12-30-22)11-16(13)19-10-25-15(9-26-19)8-20(29)21-17(23)4-3-5-18(21)24/h3-5,9-10,12H,6-8,11H2,1-2H3. The quantitative estimate of drug-likeness (QED) is 0.557. The van der Waals surface area contributed by atoms with Gasteiger partial charge < -0.3 is 4.90 Å². The van der Waals surface area contributed by atoms with Crippen LogP contribution in [0.3, 0.4) is 0 Å². The van der Waals surface area contributed by atoms with Crippen molar-refractivity contribution in [1.29, 1.82) is 0 Å². The van der Waals surface area contributed by atoms with Gasteiger partial charge in [-0.25, -0.2) is 13.8 Å². The first-order valence-corrected chi connectivity index (χ1v) is 10.4. The summed E-state index contributed by atoms with van der Waals surface area (Å²) in [5.41, 5.74) is 3.89. The second-order valence-corrected chi connectivity index (χ2v) is 8.13. The minimum Gasteiger partial charge on any atom is -0.343 e. The van der Waals surface area contributed by atoms with E-state index in [4.69, 9.17) is 0 Å². The van der Waals surface area contributed by atoms with E-state index in [0.29, 0.717) is 12.2 Å². The van der Waals surface area contributed by atoms with Gasteiger partial charge in [0.1, 0.15) is 11.6 Å². The van der Waals surface area contributed by atoms with Gasteiger partial charge in [0.05, 0.1) is 35.3 Å². The number of carbonyl (C=O) groups is 1. The predicted molar refractivity (Wildman–Crippen MR) is 113 cm³/mol. The summed E-state index contributed by atoms with van der Waals surface area (Å²) in [5.74, 6) is -2.40. The lowest BCUT2D eigenvalue weighted by molar-refractivity contribution is 0.0983. The van der Waals surface area contributed by atoms with Gasteiger partial charge >= 0.3 is 0 Å². The molecule has 0 spiro atoms. The number of rotatable bonds is 5. The molecule has 2 aromatic heterocycles. The largest absolute Gasteiger partial charge is 0.343 e.